The molecular formula is C22H24N4O2. The molecule has 2 aromatic carbocycles. The third kappa shape index (κ3) is 5.54. The van der Waals surface area contributed by atoms with Gasteiger partial charge in [-0.15, -0.1) is 0 Å². The van der Waals surface area contributed by atoms with E-state index in [2.05, 4.69) is 51.8 Å². The number of hydrogen-bond donors (Lipinski definition) is 2. The van der Waals surface area contributed by atoms with Crippen LogP contribution >= 0.6 is 0 Å². The molecule has 0 saturated heterocycles. The van der Waals surface area contributed by atoms with Gasteiger partial charge < -0.3 is 15.4 Å². The Morgan fingerprint density at radius 2 is 1.89 bits per heavy atom. The molecule has 144 valence electrons. The highest BCUT2D eigenvalue weighted by molar-refractivity contribution is 5.92. The lowest BCUT2D eigenvalue weighted by atomic mass is 10.1. The van der Waals surface area contributed by atoms with Crippen LogP contribution in [0.4, 0.5) is 5.95 Å². The third-order valence-electron chi connectivity index (χ3n) is 4.29. The molecule has 0 bridgehead atoms. The molecule has 0 unspecified atom stereocenters. The molecule has 3 aromatic rings. The van der Waals surface area contributed by atoms with Gasteiger partial charge in [0, 0.05) is 19.3 Å². The lowest BCUT2D eigenvalue weighted by Gasteiger charge is -2.08. The lowest BCUT2D eigenvalue weighted by Crippen LogP contribution is -2.26. The van der Waals surface area contributed by atoms with Crippen LogP contribution in [0.5, 0.6) is 5.75 Å². The van der Waals surface area contributed by atoms with Gasteiger partial charge in [0.1, 0.15) is 11.4 Å². The Labute approximate surface area is 165 Å². The number of ether oxygens (including phenoxy) is 1. The highest BCUT2D eigenvalue weighted by Gasteiger charge is 2.08. The normalized spacial score (nSPS) is 10.4. The van der Waals surface area contributed by atoms with Gasteiger partial charge in [-0.1, -0.05) is 42.0 Å². The third-order valence-corrected chi connectivity index (χ3v) is 4.29. The van der Waals surface area contributed by atoms with Crippen molar-refractivity contribution in [1.82, 2.24) is 15.3 Å². The number of rotatable bonds is 8. The second-order valence-corrected chi connectivity index (χ2v) is 6.46. The number of nitrogens with zero attached hydrogens (tertiary/aromatic N) is 2. The highest BCUT2D eigenvalue weighted by Crippen LogP contribution is 2.12. The van der Waals surface area contributed by atoms with E-state index in [4.69, 9.17) is 4.74 Å². The molecule has 0 spiro atoms. The summed E-state index contributed by atoms with van der Waals surface area (Å²) in [5.41, 5.74) is 3.78. The maximum Gasteiger partial charge on any atom is 0.270 e. The Morgan fingerprint density at radius 1 is 1.07 bits per heavy atom. The number of anilines is 1. The van der Waals surface area contributed by atoms with Crippen LogP contribution in [0.25, 0.3) is 0 Å². The minimum atomic E-state index is -0.219. The topological polar surface area (TPSA) is 76.1 Å². The quantitative estimate of drug-likeness (QED) is 0.630. The second-order valence-electron chi connectivity index (χ2n) is 6.46. The zero-order valence-electron chi connectivity index (χ0n) is 16.1. The SMILES string of the molecule is COc1cccc(CCNC(=O)c2ccnc(NCc3ccc(C)cc3)n2)c1. The Balaban J connectivity index is 1.52. The summed E-state index contributed by atoms with van der Waals surface area (Å²) in [5.74, 6) is 1.02. The number of aromatic nitrogens is 2. The van der Waals surface area contributed by atoms with E-state index in [1.54, 1.807) is 19.4 Å². The summed E-state index contributed by atoms with van der Waals surface area (Å²) in [5, 5.41) is 6.05. The summed E-state index contributed by atoms with van der Waals surface area (Å²) >= 11 is 0. The average molecular weight is 376 g/mol. The molecule has 0 saturated carbocycles. The predicted octanol–water partition coefficient (Wildman–Crippen LogP) is 3.38. The van der Waals surface area contributed by atoms with Crippen LogP contribution in [-0.2, 0) is 13.0 Å². The van der Waals surface area contributed by atoms with Gasteiger partial charge >= 0.3 is 0 Å². The fourth-order valence-corrected chi connectivity index (χ4v) is 2.70. The zero-order valence-corrected chi connectivity index (χ0v) is 16.1. The van der Waals surface area contributed by atoms with Crippen molar-refractivity contribution in [3.63, 3.8) is 0 Å². The van der Waals surface area contributed by atoms with Gasteiger partial charge in [-0.25, -0.2) is 9.97 Å². The smallest absolute Gasteiger partial charge is 0.270 e. The molecule has 0 aliphatic rings. The first kappa shape index (κ1) is 19.4. The Kier molecular flexibility index (Phi) is 6.57. The van der Waals surface area contributed by atoms with Crippen molar-refractivity contribution < 1.29 is 9.53 Å². The number of amides is 1. The van der Waals surface area contributed by atoms with E-state index in [9.17, 15) is 4.79 Å². The molecule has 0 aliphatic heterocycles. The first-order valence-electron chi connectivity index (χ1n) is 9.17. The van der Waals surface area contributed by atoms with Crippen molar-refractivity contribution in [3.8, 4) is 5.75 Å². The van der Waals surface area contributed by atoms with Crippen LogP contribution in [0.3, 0.4) is 0 Å². The summed E-state index contributed by atoms with van der Waals surface area (Å²) < 4.78 is 5.21. The summed E-state index contributed by atoms with van der Waals surface area (Å²) in [4.78, 5) is 20.9. The number of aryl methyl sites for hydroxylation is 1. The summed E-state index contributed by atoms with van der Waals surface area (Å²) in [6, 6.07) is 17.6. The van der Waals surface area contributed by atoms with Crippen molar-refractivity contribution >= 4 is 11.9 Å². The van der Waals surface area contributed by atoms with E-state index < -0.39 is 0 Å². The van der Waals surface area contributed by atoms with Crippen molar-refractivity contribution in [3.05, 3.63) is 83.2 Å². The Hall–Kier alpha value is -3.41. The minimum absolute atomic E-state index is 0.219. The first-order valence-corrected chi connectivity index (χ1v) is 9.17. The van der Waals surface area contributed by atoms with E-state index in [1.807, 2.05) is 24.3 Å². The summed E-state index contributed by atoms with van der Waals surface area (Å²) in [6.45, 7) is 3.17. The molecule has 1 aromatic heterocycles. The van der Waals surface area contributed by atoms with Gasteiger partial charge in [0.2, 0.25) is 5.95 Å². The molecule has 2 N–H and O–H groups in total. The maximum atomic E-state index is 12.4. The van der Waals surface area contributed by atoms with Gasteiger partial charge in [-0.2, -0.15) is 0 Å². The largest absolute Gasteiger partial charge is 0.497 e. The van der Waals surface area contributed by atoms with Gasteiger partial charge in [0.15, 0.2) is 0 Å². The molecule has 3 rings (SSSR count). The molecule has 1 amide bonds. The van der Waals surface area contributed by atoms with Crippen LogP contribution in [0.15, 0.2) is 60.8 Å². The number of carbonyl (C=O) groups excluding carboxylic acids is 1. The van der Waals surface area contributed by atoms with Crippen molar-refractivity contribution in [2.24, 2.45) is 0 Å². The van der Waals surface area contributed by atoms with Crippen LogP contribution in [-0.4, -0.2) is 29.5 Å². The minimum Gasteiger partial charge on any atom is -0.497 e. The number of methoxy groups -OCH3 is 1. The van der Waals surface area contributed by atoms with Gasteiger partial charge in [0.25, 0.3) is 5.91 Å². The number of hydrogen-bond acceptors (Lipinski definition) is 5. The molecule has 0 fully saturated rings. The molecule has 0 atom stereocenters. The second kappa shape index (κ2) is 9.50. The number of nitrogens with one attached hydrogen (secondary N) is 2. The monoisotopic (exact) mass is 376 g/mol. The van der Waals surface area contributed by atoms with Crippen molar-refractivity contribution in [2.75, 3.05) is 19.0 Å². The van der Waals surface area contributed by atoms with E-state index >= 15 is 0 Å². The average Bonchev–Trinajstić information content (AvgIpc) is 2.73. The van der Waals surface area contributed by atoms with E-state index in [0.29, 0.717) is 31.2 Å². The van der Waals surface area contributed by atoms with E-state index in [1.165, 1.54) is 5.56 Å². The molecule has 0 radical (unpaired) electrons. The number of benzene rings is 2. The maximum absolute atomic E-state index is 12.4. The highest BCUT2D eigenvalue weighted by atomic mass is 16.5. The summed E-state index contributed by atoms with van der Waals surface area (Å²) in [6.07, 6.45) is 2.30. The van der Waals surface area contributed by atoms with E-state index in [0.717, 1.165) is 16.9 Å². The summed E-state index contributed by atoms with van der Waals surface area (Å²) in [7, 11) is 1.64. The van der Waals surface area contributed by atoms with Gasteiger partial charge in [-0.3, -0.25) is 4.79 Å². The Bertz CT molecular complexity index is 926. The Morgan fingerprint density at radius 3 is 2.68 bits per heavy atom. The fraction of sp³-hybridized carbons (Fsp3) is 0.227. The van der Waals surface area contributed by atoms with E-state index in [-0.39, 0.29) is 5.91 Å². The molecule has 0 aliphatic carbocycles. The van der Waals surface area contributed by atoms with Crippen LogP contribution in [0.1, 0.15) is 27.2 Å². The van der Waals surface area contributed by atoms with Crippen molar-refractivity contribution in [1.29, 1.82) is 0 Å². The molecule has 28 heavy (non-hydrogen) atoms. The molecular weight excluding hydrogens is 352 g/mol. The lowest BCUT2D eigenvalue weighted by molar-refractivity contribution is 0.0949. The van der Waals surface area contributed by atoms with Crippen LogP contribution in [0, 0.1) is 6.92 Å². The van der Waals surface area contributed by atoms with Gasteiger partial charge in [0.05, 0.1) is 7.11 Å². The van der Waals surface area contributed by atoms with Crippen LogP contribution in [0.2, 0.25) is 0 Å². The standard InChI is InChI=1S/C22H24N4O2/c1-16-6-8-18(9-7-16)15-25-22-24-13-11-20(26-22)21(27)23-12-10-17-4-3-5-19(14-17)28-2/h3-9,11,13-14H,10,12,15H2,1-2H3,(H,23,27)(H,24,25,26). The fourth-order valence-electron chi connectivity index (χ4n) is 2.70. The number of carbonyl (C=O) groups is 1. The first-order chi connectivity index (χ1) is 13.6. The van der Waals surface area contributed by atoms with Crippen LogP contribution < -0.4 is 15.4 Å². The molecule has 6 heteroatoms. The zero-order chi connectivity index (χ0) is 19.8. The van der Waals surface area contributed by atoms with Gasteiger partial charge in [-0.05, 0) is 42.7 Å². The predicted molar refractivity (Wildman–Crippen MR) is 110 cm³/mol. The van der Waals surface area contributed by atoms with Crippen molar-refractivity contribution in [2.45, 2.75) is 19.9 Å². The molecule has 1 heterocycles. The molecule has 6 nitrogen and oxygen atoms in total.